The first-order chi connectivity index (χ1) is 16.6. The second kappa shape index (κ2) is 12.4. The summed E-state index contributed by atoms with van der Waals surface area (Å²) in [5, 5.41) is 3.29. The molecule has 3 rings (SSSR count). The number of carbonyl (C=O) groups excluding carboxylic acids is 1. The normalized spacial score (nSPS) is 11.2. The number of hydrogen-bond acceptors (Lipinski definition) is 5. The van der Waals surface area contributed by atoms with Crippen molar-refractivity contribution in [1.29, 1.82) is 0 Å². The molecule has 0 aliphatic heterocycles. The van der Waals surface area contributed by atoms with Crippen molar-refractivity contribution in [2.24, 2.45) is 0 Å². The van der Waals surface area contributed by atoms with Crippen LogP contribution in [0, 0.1) is 0 Å². The molecule has 0 N–H and O–H groups in total. The van der Waals surface area contributed by atoms with E-state index in [4.69, 9.17) is 18.9 Å². The molecule has 0 aliphatic rings. The van der Waals surface area contributed by atoms with Crippen molar-refractivity contribution in [3.63, 3.8) is 0 Å². The fourth-order valence-corrected chi connectivity index (χ4v) is 8.05. The quantitative estimate of drug-likeness (QED) is 0.223. The number of benzene rings is 3. The minimum atomic E-state index is -2.39. The fourth-order valence-electron chi connectivity index (χ4n) is 3.93. The summed E-state index contributed by atoms with van der Waals surface area (Å²) in [4.78, 5) is 13.1. The average Bonchev–Trinajstić information content (AvgIpc) is 2.86. The Morgan fingerprint density at radius 3 is 1.25 bits per heavy atom. The minimum Gasteiger partial charge on any atom is -1.00 e. The van der Waals surface area contributed by atoms with Crippen molar-refractivity contribution in [3.8, 4) is 17.2 Å². The molecule has 3 aromatic rings. The van der Waals surface area contributed by atoms with Gasteiger partial charge in [0.25, 0.3) is 0 Å². The molecule has 5 nitrogen and oxygen atoms in total. The first-order valence-corrected chi connectivity index (χ1v) is 13.3. The lowest BCUT2D eigenvalue weighted by Crippen LogP contribution is -3.00. The lowest BCUT2D eigenvalue weighted by molar-refractivity contribution is -0.149. The van der Waals surface area contributed by atoms with Crippen LogP contribution in [0.3, 0.4) is 0 Å². The number of rotatable bonds is 9. The summed E-state index contributed by atoms with van der Waals surface area (Å²) >= 11 is 0. The van der Waals surface area contributed by atoms with Crippen LogP contribution in [0.5, 0.6) is 17.2 Å². The smallest absolute Gasteiger partial charge is 0.337 e. The van der Waals surface area contributed by atoms with Crippen LogP contribution in [0.4, 0.5) is 0 Å². The van der Waals surface area contributed by atoms with E-state index in [0.29, 0.717) is 11.7 Å². The summed E-state index contributed by atoms with van der Waals surface area (Å²) in [5.74, 6) is 1.91. The molecule has 0 bridgehead atoms. The summed E-state index contributed by atoms with van der Waals surface area (Å²) in [6, 6.07) is 24.1. The molecule has 3 aromatic carbocycles. The minimum absolute atomic E-state index is 0. The highest BCUT2D eigenvalue weighted by molar-refractivity contribution is 7.95. The predicted octanol–water partition coefficient (Wildman–Crippen LogP) is 1.91. The Balaban J connectivity index is 0.00000456. The third-order valence-corrected chi connectivity index (χ3v) is 10.1. The van der Waals surface area contributed by atoms with Crippen LogP contribution >= 0.6 is 7.26 Å². The van der Waals surface area contributed by atoms with Crippen LogP contribution in [0.15, 0.2) is 84.9 Å². The van der Waals surface area contributed by atoms with Gasteiger partial charge in [0.1, 0.15) is 52.2 Å². The van der Waals surface area contributed by atoms with Crippen LogP contribution in [0.1, 0.15) is 20.8 Å². The van der Waals surface area contributed by atoms with Crippen molar-refractivity contribution in [3.05, 3.63) is 84.9 Å². The van der Waals surface area contributed by atoms with Gasteiger partial charge in [-0.15, -0.1) is 0 Å². The van der Waals surface area contributed by atoms with Crippen LogP contribution in [0.25, 0.3) is 0 Å². The Hall–Kier alpha value is -2.82. The molecule has 0 saturated heterocycles. The van der Waals surface area contributed by atoms with Gasteiger partial charge in [0, 0.05) is 0 Å². The maximum absolute atomic E-state index is 13.1. The van der Waals surface area contributed by atoms with Gasteiger partial charge in [0.05, 0.1) is 26.9 Å². The van der Waals surface area contributed by atoms with Gasteiger partial charge in [0.15, 0.2) is 0 Å². The second-order valence-electron chi connectivity index (χ2n) is 9.17. The Kier molecular flexibility index (Phi) is 10.2. The lowest BCUT2D eigenvalue weighted by Gasteiger charge is -2.29. The molecular formula is C29H34BrO5P. The third kappa shape index (κ3) is 6.68. The summed E-state index contributed by atoms with van der Waals surface area (Å²) in [6.45, 7) is 9.75. The van der Waals surface area contributed by atoms with Gasteiger partial charge < -0.3 is 35.9 Å². The Labute approximate surface area is 225 Å². The van der Waals surface area contributed by atoms with Gasteiger partial charge in [-0.2, -0.15) is 0 Å². The SMILES string of the molecule is C=C(C[P+](c1ccc(OC)cc1)(c1ccc(OC)cc1)c1ccc(OC)cc1)C(=O)OC(C)(C)C.[Br-]. The highest BCUT2D eigenvalue weighted by Crippen LogP contribution is 2.57. The first-order valence-electron chi connectivity index (χ1n) is 11.4. The van der Waals surface area contributed by atoms with Gasteiger partial charge in [-0.05, 0) is 93.6 Å². The van der Waals surface area contributed by atoms with Crippen LogP contribution in [0.2, 0.25) is 0 Å². The monoisotopic (exact) mass is 572 g/mol. The fraction of sp³-hybridized carbons (Fsp3) is 0.276. The molecule has 0 aliphatic carbocycles. The van der Waals surface area contributed by atoms with Crippen LogP contribution in [-0.2, 0) is 9.53 Å². The zero-order valence-electron chi connectivity index (χ0n) is 21.7. The first kappa shape index (κ1) is 29.4. The predicted molar refractivity (Wildman–Crippen MR) is 145 cm³/mol. The standard InChI is InChI=1S/C29H34O5P.BrH/c1-21(28(30)34-29(2,3)4)20-35(25-14-8-22(31-5)9-15-25,26-16-10-23(32-6)11-17-26)27-18-12-24(33-7)13-19-27;/h8-19H,1,20H2,2-7H3;1H/q+1;/p-1. The molecule has 0 atom stereocenters. The molecule has 0 fully saturated rings. The second-order valence-corrected chi connectivity index (χ2v) is 12.7. The number of esters is 1. The Morgan fingerprint density at radius 1 is 0.694 bits per heavy atom. The van der Waals surface area contributed by atoms with Crippen molar-refractivity contribution in [2.75, 3.05) is 27.5 Å². The number of carbonyl (C=O) groups is 1. The van der Waals surface area contributed by atoms with E-state index in [1.54, 1.807) is 21.3 Å². The van der Waals surface area contributed by atoms with Crippen molar-refractivity contribution in [1.82, 2.24) is 0 Å². The van der Waals surface area contributed by atoms with E-state index in [2.05, 4.69) is 43.0 Å². The topological polar surface area (TPSA) is 54.0 Å². The van der Waals surface area contributed by atoms with E-state index >= 15 is 0 Å². The molecule has 0 spiro atoms. The maximum atomic E-state index is 13.1. The highest BCUT2D eigenvalue weighted by atomic mass is 79.9. The van der Waals surface area contributed by atoms with Crippen molar-refractivity contribution >= 4 is 29.1 Å². The van der Waals surface area contributed by atoms with E-state index < -0.39 is 18.8 Å². The molecule has 0 heterocycles. The van der Waals surface area contributed by atoms with Gasteiger partial charge in [-0.3, -0.25) is 0 Å². The Morgan fingerprint density at radius 2 is 1.00 bits per heavy atom. The van der Waals surface area contributed by atoms with E-state index in [1.807, 2.05) is 57.2 Å². The van der Waals surface area contributed by atoms with E-state index in [0.717, 1.165) is 33.2 Å². The zero-order chi connectivity index (χ0) is 25.6. The zero-order valence-corrected chi connectivity index (χ0v) is 24.2. The lowest BCUT2D eigenvalue weighted by atomic mass is 10.2. The molecule has 7 heteroatoms. The summed E-state index contributed by atoms with van der Waals surface area (Å²) in [5.41, 5.74) is -0.183. The number of halogens is 1. The van der Waals surface area contributed by atoms with Gasteiger partial charge in [-0.1, -0.05) is 6.58 Å². The molecule has 0 saturated carbocycles. The van der Waals surface area contributed by atoms with Gasteiger partial charge in [0.2, 0.25) is 0 Å². The molecule has 0 unspecified atom stereocenters. The van der Waals surface area contributed by atoms with E-state index in [9.17, 15) is 4.79 Å². The molecule has 0 amide bonds. The summed E-state index contributed by atoms with van der Waals surface area (Å²) in [6.07, 6.45) is 0.424. The maximum Gasteiger partial charge on any atom is 0.337 e. The van der Waals surface area contributed by atoms with Crippen molar-refractivity contribution < 1.29 is 40.7 Å². The number of methoxy groups -OCH3 is 3. The summed E-state index contributed by atoms with van der Waals surface area (Å²) in [7, 11) is 2.56. The molecular weight excluding hydrogens is 539 g/mol. The van der Waals surface area contributed by atoms with Crippen molar-refractivity contribution in [2.45, 2.75) is 26.4 Å². The molecule has 36 heavy (non-hydrogen) atoms. The molecule has 0 aromatic heterocycles. The van der Waals surface area contributed by atoms with Gasteiger partial charge in [-0.25, -0.2) is 4.79 Å². The molecule has 0 radical (unpaired) electrons. The largest absolute Gasteiger partial charge is 1.00 e. The third-order valence-electron chi connectivity index (χ3n) is 5.66. The van der Waals surface area contributed by atoms with E-state index in [1.165, 1.54) is 0 Å². The average molecular weight is 573 g/mol. The number of hydrogen-bond donors (Lipinski definition) is 0. The van der Waals surface area contributed by atoms with Crippen LogP contribution in [-0.4, -0.2) is 39.1 Å². The Bertz CT molecular complexity index is 1030. The highest BCUT2D eigenvalue weighted by Gasteiger charge is 2.47. The summed E-state index contributed by atoms with van der Waals surface area (Å²) < 4.78 is 21.9. The van der Waals surface area contributed by atoms with Crippen LogP contribution < -0.4 is 47.1 Å². The van der Waals surface area contributed by atoms with E-state index in [-0.39, 0.29) is 17.0 Å². The molecule has 192 valence electrons. The van der Waals surface area contributed by atoms with Gasteiger partial charge >= 0.3 is 5.97 Å². The number of ether oxygens (including phenoxy) is 4.